The van der Waals surface area contributed by atoms with Gasteiger partial charge in [-0.25, -0.2) is 0 Å². The third kappa shape index (κ3) is 13.0. The number of hydrogen-bond acceptors (Lipinski definition) is 7. The van der Waals surface area contributed by atoms with E-state index in [-0.39, 0.29) is 69.5 Å². The summed E-state index contributed by atoms with van der Waals surface area (Å²) in [6.07, 6.45) is 2.45. The van der Waals surface area contributed by atoms with Crippen molar-refractivity contribution in [3.63, 3.8) is 0 Å². The molecule has 4 aromatic rings. The zero-order valence-electron chi connectivity index (χ0n) is 32.5. The summed E-state index contributed by atoms with van der Waals surface area (Å²) in [5.41, 5.74) is 8.74. The molecule has 5 atom stereocenters. The fourth-order valence-electron chi connectivity index (χ4n) is 7.04. The lowest BCUT2D eigenvalue weighted by Gasteiger charge is -2.27. The summed E-state index contributed by atoms with van der Waals surface area (Å²) in [4.78, 5) is 85.0. The predicted molar refractivity (Wildman–Crippen MR) is 217 cm³/mol. The minimum Gasteiger partial charge on any atom is -0.370 e. The van der Waals surface area contributed by atoms with Crippen LogP contribution in [0.25, 0.3) is 10.9 Å². The first-order valence-electron chi connectivity index (χ1n) is 19.6. The molecule has 0 spiro atoms. The van der Waals surface area contributed by atoms with Gasteiger partial charge in [-0.15, -0.1) is 0 Å². The van der Waals surface area contributed by atoms with Gasteiger partial charge >= 0.3 is 0 Å². The van der Waals surface area contributed by atoms with Crippen molar-refractivity contribution >= 4 is 46.3 Å². The number of nitrogens with two attached hydrogens (primary N) is 1. The first-order chi connectivity index (χ1) is 27.4. The molecule has 0 radical (unpaired) electrons. The van der Waals surface area contributed by atoms with E-state index in [2.05, 4.69) is 36.9 Å². The first-order valence-corrected chi connectivity index (χ1v) is 19.6. The second-order valence-corrected chi connectivity index (χ2v) is 15.0. The molecule has 1 aliphatic rings. The second kappa shape index (κ2) is 20.8. The molecule has 6 amide bonds. The molecule has 0 saturated carbocycles. The summed E-state index contributed by atoms with van der Waals surface area (Å²) in [7, 11) is 0. The summed E-state index contributed by atoms with van der Waals surface area (Å²) in [6.45, 7) is 4.32. The Hall–Kier alpha value is -6.02. The smallest absolute Gasteiger partial charge is 0.243 e. The van der Waals surface area contributed by atoms with Crippen LogP contribution >= 0.6 is 0 Å². The maximum Gasteiger partial charge on any atom is 0.243 e. The van der Waals surface area contributed by atoms with Crippen LogP contribution in [0.1, 0.15) is 56.2 Å². The van der Waals surface area contributed by atoms with E-state index < -0.39 is 53.7 Å². The van der Waals surface area contributed by atoms with Gasteiger partial charge in [0.2, 0.25) is 35.4 Å². The number of aromatic amines is 1. The van der Waals surface area contributed by atoms with Crippen molar-refractivity contribution in [1.29, 1.82) is 0 Å². The molecule has 1 fully saturated rings. The van der Waals surface area contributed by atoms with E-state index in [0.29, 0.717) is 6.42 Å². The van der Waals surface area contributed by atoms with Crippen molar-refractivity contribution in [2.75, 3.05) is 13.1 Å². The van der Waals surface area contributed by atoms with E-state index in [4.69, 9.17) is 5.73 Å². The van der Waals surface area contributed by atoms with Crippen LogP contribution in [0.15, 0.2) is 91.1 Å². The van der Waals surface area contributed by atoms with Crippen molar-refractivity contribution in [1.82, 2.24) is 36.9 Å². The fourth-order valence-corrected chi connectivity index (χ4v) is 7.04. The third-order valence-corrected chi connectivity index (χ3v) is 9.94. The van der Waals surface area contributed by atoms with Crippen molar-refractivity contribution in [2.24, 2.45) is 11.7 Å². The lowest BCUT2D eigenvalue weighted by atomic mass is 10.0. The number of primary amides is 1. The average Bonchev–Trinajstić information content (AvgIpc) is 3.59. The lowest BCUT2D eigenvalue weighted by Crippen LogP contribution is -2.59. The van der Waals surface area contributed by atoms with Crippen LogP contribution in [-0.4, -0.2) is 83.7 Å². The number of H-pyrrole nitrogens is 1. The van der Waals surface area contributed by atoms with Gasteiger partial charge in [-0.3, -0.25) is 28.8 Å². The van der Waals surface area contributed by atoms with Gasteiger partial charge in [0.25, 0.3) is 0 Å². The monoisotopic (exact) mass is 778 g/mol. The van der Waals surface area contributed by atoms with Crippen molar-refractivity contribution < 1.29 is 28.8 Å². The van der Waals surface area contributed by atoms with Gasteiger partial charge in [0.15, 0.2) is 0 Å². The Kier molecular flexibility index (Phi) is 15.4. The van der Waals surface area contributed by atoms with Crippen molar-refractivity contribution in [3.8, 4) is 0 Å². The molecule has 1 aliphatic heterocycles. The summed E-state index contributed by atoms with van der Waals surface area (Å²) in [5, 5.41) is 18.6. The number of benzene rings is 3. The Morgan fingerprint density at radius 1 is 0.684 bits per heavy atom. The minimum absolute atomic E-state index is 0.0128. The largest absolute Gasteiger partial charge is 0.370 e. The van der Waals surface area contributed by atoms with Crippen LogP contribution in [0.4, 0.5) is 0 Å². The van der Waals surface area contributed by atoms with Gasteiger partial charge in [0, 0.05) is 61.9 Å². The molecule has 0 unspecified atom stereocenters. The molecule has 0 bridgehead atoms. The first kappa shape index (κ1) is 42.1. The highest BCUT2D eigenvalue weighted by molar-refractivity contribution is 5.96. The van der Waals surface area contributed by atoms with Crippen LogP contribution < -0.4 is 37.6 Å². The molecule has 0 aliphatic carbocycles. The Morgan fingerprint density at radius 3 is 1.89 bits per heavy atom. The number of hydrogen-bond donors (Lipinski definition) is 8. The molecule has 14 nitrogen and oxygen atoms in total. The summed E-state index contributed by atoms with van der Waals surface area (Å²) >= 11 is 0. The number of carbonyl (C=O) groups is 6. The molecule has 3 aromatic carbocycles. The van der Waals surface area contributed by atoms with Crippen LogP contribution in [0.5, 0.6) is 0 Å². The normalized spacial score (nSPS) is 21.9. The summed E-state index contributed by atoms with van der Waals surface area (Å²) < 4.78 is 0. The third-order valence-electron chi connectivity index (χ3n) is 9.94. The lowest BCUT2D eigenvalue weighted by molar-refractivity contribution is -0.134. The van der Waals surface area contributed by atoms with Gasteiger partial charge in [-0.1, -0.05) is 92.7 Å². The van der Waals surface area contributed by atoms with Gasteiger partial charge in [0.05, 0.1) is 6.04 Å². The number of nitrogens with one attached hydrogen (secondary N) is 7. The second-order valence-electron chi connectivity index (χ2n) is 15.0. The molecule has 9 N–H and O–H groups in total. The highest BCUT2D eigenvalue weighted by Gasteiger charge is 2.32. The number of amides is 6. The van der Waals surface area contributed by atoms with Gasteiger partial charge < -0.3 is 42.6 Å². The van der Waals surface area contributed by atoms with Gasteiger partial charge in [0.1, 0.15) is 18.1 Å². The highest BCUT2D eigenvalue weighted by Crippen LogP contribution is 2.20. The SMILES string of the molecule is CC(C)C[C@@H]1CN[C@@H](Cc2ccccc2)C(=O)N[C@H](CCC(N)=O)C(=O)N[C@@H](Cc2c[nH]c3ccccc23)C(=O)N[C@H](Cc2ccccc2)C(=O)NCCC(=O)N1. The Labute approximate surface area is 332 Å². The van der Waals surface area contributed by atoms with Crippen molar-refractivity contribution in [2.45, 2.75) is 89.0 Å². The molecule has 57 heavy (non-hydrogen) atoms. The molecular weight excluding hydrogens is 725 g/mol. The number of para-hydroxylation sites is 1. The Morgan fingerprint density at radius 2 is 1.25 bits per heavy atom. The van der Waals surface area contributed by atoms with Crippen LogP contribution in [-0.2, 0) is 48.0 Å². The van der Waals surface area contributed by atoms with Crippen LogP contribution in [0, 0.1) is 5.92 Å². The maximum atomic E-state index is 14.3. The Balaban J connectivity index is 1.51. The van der Waals surface area contributed by atoms with Gasteiger partial charge in [-0.05, 0) is 47.9 Å². The van der Waals surface area contributed by atoms with E-state index in [1.807, 2.05) is 98.8 Å². The number of fused-ring (bicyclic) bond motifs is 1. The standard InChI is InChI=1S/C43H54N8O6/c1-27(2)21-31-26-47-35(22-28-11-5-3-6-12-28)42(56)49-34(17-18-38(44)52)41(55)51-37(24-30-25-46-33-16-10-9-15-32(30)33)43(57)50-36(23-29-13-7-4-8-14-29)40(54)45-20-19-39(53)48-31/h3-16,25,27,31,34-37,46-47H,17-24,26H2,1-2H3,(H2,44,52)(H,45,54)(H,48,53)(H,49,56)(H,50,57)(H,51,55)/t31-,34-,35+,36-,37+/m1/s1. The zero-order valence-corrected chi connectivity index (χ0v) is 32.5. The fraction of sp³-hybridized carbons (Fsp3) is 0.395. The quantitative estimate of drug-likeness (QED) is 0.113. The van der Waals surface area contributed by atoms with Crippen LogP contribution in [0.2, 0.25) is 0 Å². The van der Waals surface area contributed by atoms with E-state index in [1.165, 1.54) is 0 Å². The van der Waals surface area contributed by atoms with E-state index >= 15 is 0 Å². The molecule has 302 valence electrons. The summed E-state index contributed by atoms with van der Waals surface area (Å²) in [5.74, 6) is -3.08. The van der Waals surface area contributed by atoms with E-state index in [0.717, 1.165) is 27.6 Å². The number of rotatable bonds is 11. The molecule has 1 saturated heterocycles. The highest BCUT2D eigenvalue weighted by atomic mass is 16.2. The van der Waals surface area contributed by atoms with Crippen LogP contribution in [0.3, 0.4) is 0 Å². The molecule has 2 heterocycles. The number of carbonyl (C=O) groups excluding carboxylic acids is 6. The molecule has 14 heteroatoms. The maximum absolute atomic E-state index is 14.3. The summed E-state index contributed by atoms with van der Waals surface area (Å²) in [6, 6.07) is 21.4. The van der Waals surface area contributed by atoms with E-state index in [1.54, 1.807) is 6.20 Å². The van der Waals surface area contributed by atoms with Crippen molar-refractivity contribution in [3.05, 3.63) is 108 Å². The molecule has 5 rings (SSSR count). The average molecular weight is 779 g/mol. The molecular formula is C43H54N8O6. The predicted octanol–water partition coefficient (Wildman–Crippen LogP) is 1.92. The zero-order chi connectivity index (χ0) is 40.7. The van der Waals surface area contributed by atoms with Gasteiger partial charge in [-0.2, -0.15) is 0 Å². The minimum atomic E-state index is -1.25. The van der Waals surface area contributed by atoms with E-state index in [9.17, 15) is 28.8 Å². The Bertz CT molecular complexity index is 1980. The topological polar surface area (TPSA) is 216 Å². The number of aromatic nitrogens is 1. The molecule has 1 aromatic heterocycles.